The minimum atomic E-state index is -0.260. The molecule has 4 aromatic rings. The van der Waals surface area contributed by atoms with Gasteiger partial charge in [-0.25, -0.2) is 9.36 Å². The highest BCUT2D eigenvalue weighted by molar-refractivity contribution is 5.91. The summed E-state index contributed by atoms with van der Waals surface area (Å²) in [5.74, 6) is 2.49. The van der Waals surface area contributed by atoms with E-state index in [0.717, 1.165) is 57.9 Å². The van der Waals surface area contributed by atoms with Crippen molar-refractivity contribution in [1.82, 2.24) is 30.2 Å². The molecule has 3 amide bonds. The molecule has 0 aliphatic heterocycles. The lowest BCUT2D eigenvalue weighted by Gasteiger charge is -2.56. The molecule has 8 rings (SSSR count). The first-order chi connectivity index (χ1) is 25.5. The molecule has 0 radical (unpaired) electrons. The molecule has 4 bridgehead atoms. The number of nitrogens with one attached hydrogen (secondary N) is 3. The van der Waals surface area contributed by atoms with E-state index in [1.54, 1.807) is 4.68 Å². The molecule has 0 spiro atoms. The summed E-state index contributed by atoms with van der Waals surface area (Å²) in [5, 5.41) is 19.0. The van der Waals surface area contributed by atoms with Gasteiger partial charge in [0.15, 0.2) is 5.52 Å². The molecule has 53 heavy (non-hydrogen) atoms. The van der Waals surface area contributed by atoms with Crippen molar-refractivity contribution in [3.05, 3.63) is 81.4 Å². The lowest BCUT2D eigenvalue weighted by atomic mass is 9.49. The third-order valence-electron chi connectivity index (χ3n) is 11.8. The monoisotopic (exact) mass is 719 g/mol. The van der Waals surface area contributed by atoms with Crippen molar-refractivity contribution in [3.8, 4) is 5.69 Å². The molecular formula is C42H53N7O4. The van der Waals surface area contributed by atoms with Gasteiger partial charge in [-0.3, -0.25) is 19.2 Å². The first-order valence-electron chi connectivity index (χ1n) is 19.5. The SMILES string of the molecule is Cc1ccc(-n2nc3c(=O)n(CCCC(=O)NCCc4ccc(NC(=O)CCCC(=O)NCC56CC7CC(CC(C7)C5)C6)cc4)nc(C)c3c2C)cc1. The van der Waals surface area contributed by atoms with E-state index in [2.05, 4.69) is 26.1 Å². The predicted molar refractivity (Wildman–Crippen MR) is 206 cm³/mol. The standard InChI is InChI=1S/C42H53N7O4/c1-27-9-15-35(16-10-27)49-29(3)39-28(2)46-48(41(53)40(39)47-49)19-5-8-36(50)43-18-17-30-11-13-34(14-12-30)45-38(52)7-4-6-37(51)44-26-42-23-31-20-32(24-42)22-33(21-31)25-42/h9-16,31-33H,4-8,17-26H2,1-3H3,(H,43,50)(H,44,51)(H,45,52). The van der Waals surface area contributed by atoms with E-state index in [0.29, 0.717) is 61.8 Å². The summed E-state index contributed by atoms with van der Waals surface area (Å²) < 4.78 is 3.20. The van der Waals surface area contributed by atoms with Crippen LogP contribution in [0.1, 0.15) is 93.1 Å². The van der Waals surface area contributed by atoms with E-state index in [9.17, 15) is 19.2 Å². The number of aryl methyl sites for hydroxylation is 4. The first-order valence-corrected chi connectivity index (χ1v) is 19.5. The molecule has 4 fully saturated rings. The van der Waals surface area contributed by atoms with Gasteiger partial charge in [0.1, 0.15) is 0 Å². The summed E-state index contributed by atoms with van der Waals surface area (Å²) in [5.41, 5.74) is 5.83. The Kier molecular flexibility index (Phi) is 10.8. The quantitative estimate of drug-likeness (QED) is 0.136. The highest BCUT2D eigenvalue weighted by atomic mass is 16.2. The molecule has 4 aliphatic rings. The number of carbonyl (C=O) groups is 3. The molecule has 2 aromatic carbocycles. The molecule has 11 nitrogen and oxygen atoms in total. The van der Waals surface area contributed by atoms with Crippen molar-refractivity contribution in [1.29, 1.82) is 0 Å². The minimum Gasteiger partial charge on any atom is -0.356 e. The summed E-state index contributed by atoms with van der Waals surface area (Å²) in [6, 6.07) is 15.6. The lowest BCUT2D eigenvalue weighted by molar-refractivity contribution is -0.123. The van der Waals surface area contributed by atoms with Crippen LogP contribution in [-0.2, 0) is 27.3 Å². The van der Waals surface area contributed by atoms with Crippen LogP contribution in [-0.4, -0.2) is 50.4 Å². The number of nitrogens with zero attached hydrogens (tertiary/aromatic N) is 4. The number of amides is 3. The summed E-state index contributed by atoms with van der Waals surface area (Å²) in [6.07, 6.45) is 10.6. The molecule has 4 saturated carbocycles. The zero-order valence-corrected chi connectivity index (χ0v) is 31.4. The Hall–Kier alpha value is -4.80. The Bertz CT molecular complexity index is 1990. The normalized spacial score (nSPS) is 21.5. The van der Waals surface area contributed by atoms with Crippen molar-refractivity contribution in [2.75, 3.05) is 18.4 Å². The highest BCUT2D eigenvalue weighted by Crippen LogP contribution is 2.59. The molecule has 280 valence electrons. The zero-order valence-electron chi connectivity index (χ0n) is 31.4. The number of fused-ring (bicyclic) bond motifs is 1. The van der Waals surface area contributed by atoms with Crippen LogP contribution >= 0.6 is 0 Å². The number of hydrogen-bond acceptors (Lipinski definition) is 6. The minimum absolute atomic E-state index is 0.0582. The smallest absolute Gasteiger partial charge is 0.295 e. The predicted octanol–water partition coefficient (Wildman–Crippen LogP) is 6.09. The number of benzene rings is 2. The van der Waals surface area contributed by atoms with Gasteiger partial charge in [0, 0.05) is 44.6 Å². The molecule has 3 N–H and O–H groups in total. The molecule has 0 atom stereocenters. The van der Waals surface area contributed by atoms with Crippen LogP contribution in [0.2, 0.25) is 0 Å². The Morgan fingerprint density at radius 3 is 2.08 bits per heavy atom. The van der Waals surface area contributed by atoms with Gasteiger partial charge in [0.25, 0.3) is 5.56 Å². The van der Waals surface area contributed by atoms with Crippen molar-refractivity contribution in [2.24, 2.45) is 23.2 Å². The number of carbonyl (C=O) groups excluding carboxylic acids is 3. The van der Waals surface area contributed by atoms with E-state index in [-0.39, 0.29) is 29.7 Å². The van der Waals surface area contributed by atoms with Gasteiger partial charge in [0.2, 0.25) is 17.7 Å². The first kappa shape index (κ1) is 36.6. The Morgan fingerprint density at radius 1 is 0.774 bits per heavy atom. The summed E-state index contributed by atoms with van der Waals surface area (Å²) in [4.78, 5) is 51.0. The van der Waals surface area contributed by atoms with Gasteiger partial charge in [-0.1, -0.05) is 29.8 Å². The van der Waals surface area contributed by atoms with Crippen LogP contribution in [0.25, 0.3) is 16.6 Å². The van der Waals surface area contributed by atoms with Gasteiger partial charge >= 0.3 is 0 Å². The van der Waals surface area contributed by atoms with Gasteiger partial charge in [-0.05, 0) is 132 Å². The molecular weight excluding hydrogens is 667 g/mol. The zero-order chi connectivity index (χ0) is 37.1. The Labute approximate surface area is 311 Å². The molecule has 11 heteroatoms. The largest absolute Gasteiger partial charge is 0.356 e. The second-order valence-corrected chi connectivity index (χ2v) is 16.2. The maximum absolute atomic E-state index is 13.3. The molecule has 0 unspecified atom stereocenters. The fourth-order valence-electron chi connectivity index (χ4n) is 9.67. The second-order valence-electron chi connectivity index (χ2n) is 16.2. The van der Waals surface area contributed by atoms with Crippen molar-refractivity contribution in [3.63, 3.8) is 0 Å². The van der Waals surface area contributed by atoms with Crippen LogP contribution in [0.15, 0.2) is 53.3 Å². The fourth-order valence-corrected chi connectivity index (χ4v) is 9.67. The molecule has 4 aliphatic carbocycles. The number of hydrogen-bond donors (Lipinski definition) is 3. The fraction of sp³-hybridized carbons (Fsp3) is 0.524. The van der Waals surface area contributed by atoms with Crippen molar-refractivity contribution < 1.29 is 14.4 Å². The van der Waals surface area contributed by atoms with E-state index >= 15 is 0 Å². The van der Waals surface area contributed by atoms with Crippen LogP contribution < -0.4 is 21.5 Å². The van der Waals surface area contributed by atoms with Crippen LogP contribution in [0, 0.1) is 43.9 Å². The van der Waals surface area contributed by atoms with E-state index in [4.69, 9.17) is 0 Å². The average molecular weight is 720 g/mol. The van der Waals surface area contributed by atoms with Crippen molar-refractivity contribution >= 4 is 34.3 Å². The van der Waals surface area contributed by atoms with Crippen LogP contribution in [0.5, 0.6) is 0 Å². The average Bonchev–Trinajstić information content (AvgIpc) is 3.47. The second kappa shape index (κ2) is 15.7. The maximum Gasteiger partial charge on any atom is 0.295 e. The van der Waals surface area contributed by atoms with E-state index in [1.165, 1.54) is 43.2 Å². The summed E-state index contributed by atoms with van der Waals surface area (Å²) in [7, 11) is 0. The van der Waals surface area contributed by atoms with Gasteiger partial charge in [-0.15, -0.1) is 0 Å². The van der Waals surface area contributed by atoms with Gasteiger partial charge in [0.05, 0.1) is 22.5 Å². The Balaban J connectivity index is 0.787. The maximum atomic E-state index is 13.3. The van der Waals surface area contributed by atoms with E-state index in [1.807, 2.05) is 69.3 Å². The lowest BCUT2D eigenvalue weighted by Crippen LogP contribution is -2.51. The Morgan fingerprint density at radius 2 is 1.40 bits per heavy atom. The third-order valence-corrected chi connectivity index (χ3v) is 11.8. The van der Waals surface area contributed by atoms with Gasteiger partial charge in [-0.2, -0.15) is 10.2 Å². The summed E-state index contributed by atoms with van der Waals surface area (Å²) >= 11 is 0. The van der Waals surface area contributed by atoms with Crippen molar-refractivity contribution in [2.45, 2.75) is 104 Å². The van der Waals surface area contributed by atoms with Crippen LogP contribution in [0.4, 0.5) is 5.69 Å². The van der Waals surface area contributed by atoms with Crippen LogP contribution in [0.3, 0.4) is 0 Å². The molecule has 2 aromatic heterocycles. The van der Waals surface area contributed by atoms with Gasteiger partial charge < -0.3 is 16.0 Å². The van der Waals surface area contributed by atoms with E-state index < -0.39 is 0 Å². The number of rotatable bonds is 15. The third kappa shape index (κ3) is 8.55. The topological polar surface area (TPSA) is 140 Å². The number of aromatic nitrogens is 4. The number of anilines is 1. The highest BCUT2D eigenvalue weighted by Gasteiger charge is 2.50. The molecule has 0 saturated heterocycles. The summed E-state index contributed by atoms with van der Waals surface area (Å²) in [6.45, 7) is 7.46. The molecule has 2 heterocycles.